The first kappa shape index (κ1) is 19.2. The molecule has 3 aromatic carbocycles. The molecule has 4 heteroatoms. The Bertz CT molecular complexity index is 1170. The lowest BCUT2D eigenvalue weighted by atomic mass is 9.89. The van der Waals surface area contributed by atoms with Gasteiger partial charge in [-0.25, -0.2) is 15.0 Å². The maximum Gasteiger partial charge on any atom is 0.195 e. The Kier molecular flexibility index (Phi) is 5.04. The van der Waals surface area contributed by atoms with Gasteiger partial charge in [-0.05, 0) is 30.2 Å². The maximum absolute atomic E-state index is 6.30. The monoisotopic (exact) mass is 405 g/mol. The van der Waals surface area contributed by atoms with Gasteiger partial charge in [0.1, 0.15) is 17.1 Å². The molecule has 1 heterocycles. The Morgan fingerprint density at radius 2 is 1.23 bits per heavy atom. The van der Waals surface area contributed by atoms with Gasteiger partial charge in [0, 0.05) is 17.5 Å². The molecule has 0 fully saturated rings. The van der Waals surface area contributed by atoms with Gasteiger partial charge in [-0.1, -0.05) is 74.5 Å². The van der Waals surface area contributed by atoms with Crippen LogP contribution in [0.25, 0.3) is 0 Å². The molecular weight excluding hydrogens is 382 g/mol. The summed E-state index contributed by atoms with van der Waals surface area (Å²) in [5, 5.41) is 0. The van der Waals surface area contributed by atoms with Gasteiger partial charge in [0.05, 0.1) is 11.4 Å². The Labute approximate surface area is 182 Å². The van der Waals surface area contributed by atoms with Crippen molar-refractivity contribution in [1.82, 2.24) is 4.98 Å². The van der Waals surface area contributed by atoms with E-state index in [4.69, 9.17) is 19.4 Å². The van der Waals surface area contributed by atoms with E-state index in [1.807, 2.05) is 72.8 Å². The Hall–Kier alpha value is -3.79. The summed E-state index contributed by atoms with van der Waals surface area (Å²) in [6.07, 6.45) is 0.764. The van der Waals surface area contributed by atoms with Crippen molar-refractivity contribution in [3.8, 4) is 0 Å². The quantitative estimate of drug-likeness (QED) is 0.341. The predicted molar refractivity (Wildman–Crippen MR) is 125 cm³/mol. The lowest BCUT2D eigenvalue weighted by Crippen LogP contribution is -2.21. The van der Waals surface area contributed by atoms with E-state index >= 15 is 0 Å². The van der Waals surface area contributed by atoms with Gasteiger partial charge in [-0.3, -0.25) is 0 Å². The van der Waals surface area contributed by atoms with Crippen LogP contribution in [0.1, 0.15) is 42.3 Å². The average molecular weight is 406 g/mol. The van der Waals surface area contributed by atoms with Gasteiger partial charge in [0.2, 0.25) is 0 Å². The third-order valence-electron chi connectivity index (χ3n) is 5.13. The van der Waals surface area contributed by atoms with Crippen LogP contribution in [0.3, 0.4) is 0 Å². The van der Waals surface area contributed by atoms with Crippen molar-refractivity contribution < 1.29 is 4.42 Å². The summed E-state index contributed by atoms with van der Waals surface area (Å²) in [6, 6.07) is 28.1. The minimum absolute atomic E-state index is 0.437. The largest absolute Gasteiger partial charge is 0.438 e. The number of benzene rings is 3. The number of fused-ring (bicyclic) bond motifs is 2. The number of hydrogen-bond acceptors (Lipinski definition) is 4. The topological polar surface area (TPSA) is 50.8 Å². The number of para-hydroxylation sites is 2. The maximum atomic E-state index is 6.30. The first-order chi connectivity index (χ1) is 15.2. The van der Waals surface area contributed by atoms with Gasteiger partial charge in [0.25, 0.3) is 0 Å². The number of rotatable bonds is 4. The number of aliphatic imine (C=N–C) groups is 2. The molecule has 4 nitrogen and oxygen atoms in total. The molecule has 1 aromatic heterocycles. The second kappa shape index (κ2) is 8.15. The highest BCUT2D eigenvalue weighted by atomic mass is 16.4. The van der Waals surface area contributed by atoms with E-state index in [-0.39, 0.29) is 0 Å². The summed E-state index contributed by atoms with van der Waals surface area (Å²) in [5.74, 6) is 1.84. The lowest BCUT2D eigenvalue weighted by molar-refractivity contribution is 0.453. The molecule has 0 spiro atoms. The average Bonchev–Trinajstić information content (AvgIpc) is 3.20. The molecule has 0 radical (unpaired) electrons. The first-order valence-corrected chi connectivity index (χ1v) is 10.6. The number of aromatic nitrogens is 1. The van der Waals surface area contributed by atoms with Crippen molar-refractivity contribution in [2.75, 3.05) is 0 Å². The van der Waals surface area contributed by atoms with E-state index in [9.17, 15) is 0 Å². The third kappa shape index (κ3) is 3.84. The van der Waals surface area contributed by atoms with Gasteiger partial charge >= 0.3 is 0 Å². The molecule has 0 bridgehead atoms. The minimum atomic E-state index is 0.437. The van der Waals surface area contributed by atoms with E-state index in [2.05, 4.69) is 26.0 Å². The van der Waals surface area contributed by atoms with Gasteiger partial charge in [-0.15, -0.1) is 0 Å². The van der Waals surface area contributed by atoms with Crippen LogP contribution in [-0.4, -0.2) is 16.4 Å². The molecule has 1 aliphatic carbocycles. The molecule has 152 valence electrons. The van der Waals surface area contributed by atoms with Crippen molar-refractivity contribution in [2.24, 2.45) is 15.9 Å². The fourth-order valence-corrected chi connectivity index (χ4v) is 3.76. The molecule has 0 atom stereocenters. The van der Waals surface area contributed by atoms with Crippen LogP contribution in [-0.2, 0) is 6.42 Å². The lowest BCUT2D eigenvalue weighted by Gasteiger charge is -2.18. The standard InChI is InChI=1S/C27H23N3O/c1-18(2)17-23-30-26-24(28-19-11-5-3-6-12-19)21-15-9-10-16-22(21)25(27(26)31-23)29-20-13-7-4-8-14-20/h3-16,18H,17H2,1-2H3. The fraction of sp³-hybridized carbons (Fsp3) is 0.148. The zero-order chi connectivity index (χ0) is 21.2. The SMILES string of the molecule is CC(C)Cc1nc2c(o1)C(=Nc1ccccc1)c1ccccc1C2=Nc1ccccc1. The molecule has 0 amide bonds. The summed E-state index contributed by atoms with van der Waals surface area (Å²) < 4.78 is 6.30. The van der Waals surface area contributed by atoms with E-state index in [0.717, 1.165) is 46.0 Å². The zero-order valence-corrected chi connectivity index (χ0v) is 17.6. The van der Waals surface area contributed by atoms with E-state index in [0.29, 0.717) is 17.6 Å². The zero-order valence-electron chi connectivity index (χ0n) is 17.6. The molecule has 0 saturated carbocycles. The normalized spacial score (nSPS) is 15.3. The van der Waals surface area contributed by atoms with E-state index < -0.39 is 0 Å². The highest BCUT2D eigenvalue weighted by Crippen LogP contribution is 2.32. The molecule has 0 N–H and O–H groups in total. The van der Waals surface area contributed by atoms with Gasteiger partial charge in [0.15, 0.2) is 11.7 Å². The molecular formula is C27H23N3O. The summed E-state index contributed by atoms with van der Waals surface area (Å²) >= 11 is 0. The summed E-state index contributed by atoms with van der Waals surface area (Å²) in [4.78, 5) is 14.8. The molecule has 0 saturated heterocycles. The second-order valence-corrected chi connectivity index (χ2v) is 8.02. The van der Waals surface area contributed by atoms with Crippen LogP contribution in [0.4, 0.5) is 11.4 Å². The number of oxazole rings is 1. The van der Waals surface area contributed by atoms with Crippen LogP contribution in [0.2, 0.25) is 0 Å². The molecule has 1 aliphatic rings. The Morgan fingerprint density at radius 3 is 1.81 bits per heavy atom. The fourth-order valence-electron chi connectivity index (χ4n) is 3.76. The first-order valence-electron chi connectivity index (χ1n) is 10.6. The second-order valence-electron chi connectivity index (χ2n) is 8.02. The van der Waals surface area contributed by atoms with Crippen molar-refractivity contribution >= 4 is 22.8 Å². The molecule has 0 aliphatic heterocycles. The van der Waals surface area contributed by atoms with Crippen LogP contribution in [0.5, 0.6) is 0 Å². The van der Waals surface area contributed by atoms with Crippen molar-refractivity contribution in [1.29, 1.82) is 0 Å². The third-order valence-corrected chi connectivity index (χ3v) is 5.13. The van der Waals surface area contributed by atoms with Crippen LogP contribution >= 0.6 is 0 Å². The molecule has 5 rings (SSSR count). The highest BCUT2D eigenvalue weighted by molar-refractivity contribution is 6.30. The minimum Gasteiger partial charge on any atom is -0.438 e. The van der Waals surface area contributed by atoms with E-state index in [1.54, 1.807) is 0 Å². The summed E-state index contributed by atoms with van der Waals surface area (Å²) in [6.45, 7) is 4.33. The molecule has 4 aromatic rings. The van der Waals surface area contributed by atoms with E-state index in [1.165, 1.54) is 0 Å². The van der Waals surface area contributed by atoms with Crippen LogP contribution in [0, 0.1) is 5.92 Å². The van der Waals surface area contributed by atoms with Gasteiger partial charge in [-0.2, -0.15) is 0 Å². The van der Waals surface area contributed by atoms with Crippen molar-refractivity contribution in [3.63, 3.8) is 0 Å². The Balaban J connectivity index is 1.76. The van der Waals surface area contributed by atoms with Crippen molar-refractivity contribution in [2.45, 2.75) is 20.3 Å². The smallest absolute Gasteiger partial charge is 0.195 e. The van der Waals surface area contributed by atoms with Crippen molar-refractivity contribution in [3.05, 3.63) is 113 Å². The summed E-state index contributed by atoms with van der Waals surface area (Å²) in [5.41, 5.74) is 6.15. The van der Waals surface area contributed by atoms with Crippen LogP contribution in [0.15, 0.2) is 99.3 Å². The highest BCUT2D eigenvalue weighted by Gasteiger charge is 2.32. The number of hydrogen-bond donors (Lipinski definition) is 0. The molecule has 31 heavy (non-hydrogen) atoms. The summed E-state index contributed by atoms with van der Waals surface area (Å²) in [7, 11) is 0. The number of nitrogens with zero attached hydrogens (tertiary/aromatic N) is 3. The van der Waals surface area contributed by atoms with Gasteiger partial charge < -0.3 is 4.42 Å². The van der Waals surface area contributed by atoms with Crippen LogP contribution < -0.4 is 0 Å². The Morgan fingerprint density at radius 1 is 0.710 bits per heavy atom. The molecule has 0 unspecified atom stereocenters. The predicted octanol–water partition coefficient (Wildman–Crippen LogP) is 6.52.